The molecule has 0 amide bonds. The van der Waals surface area contributed by atoms with E-state index in [4.69, 9.17) is 22.0 Å². The molecular formula is C14H8ClFN2O2. The van der Waals surface area contributed by atoms with Gasteiger partial charge >= 0.3 is 5.97 Å². The summed E-state index contributed by atoms with van der Waals surface area (Å²) in [4.78, 5) is 10.8. The Morgan fingerprint density at radius 2 is 2.10 bits per heavy atom. The molecule has 100 valence electrons. The fourth-order valence-electron chi connectivity index (χ4n) is 1.66. The number of nitrogens with one attached hydrogen (secondary N) is 1. The first kappa shape index (κ1) is 13.8. The highest BCUT2D eigenvalue weighted by molar-refractivity contribution is 6.33. The van der Waals surface area contributed by atoms with Crippen LogP contribution in [0.25, 0.3) is 0 Å². The average molecular weight is 291 g/mol. The molecule has 0 heterocycles. The average Bonchev–Trinajstić information content (AvgIpc) is 2.38. The van der Waals surface area contributed by atoms with Gasteiger partial charge in [-0.05, 0) is 30.3 Å². The second kappa shape index (κ2) is 5.59. The Morgan fingerprint density at radius 1 is 1.35 bits per heavy atom. The van der Waals surface area contributed by atoms with Crippen LogP contribution in [0.1, 0.15) is 15.9 Å². The zero-order valence-electron chi connectivity index (χ0n) is 10.0. The van der Waals surface area contributed by atoms with Crippen molar-refractivity contribution < 1.29 is 14.3 Å². The Hall–Kier alpha value is -2.58. The van der Waals surface area contributed by atoms with Crippen molar-refractivity contribution in [1.82, 2.24) is 0 Å². The SMILES string of the molecule is N#Cc1c(F)cccc1Nc1ccc(C(=O)O)c(Cl)c1. The molecule has 0 saturated heterocycles. The Labute approximate surface area is 119 Å². The summed E-state index contributed by atoms with van der Waals surface area (Å²) in [5.74, 6) is -1.77. The lowest BCUT2D eigenvalue weighted by molar-refractivity contribution is 0.0697. The first-order valence-electron chi connectivity index (χ1n) is 5.51. The molecule has 0 bridgehead atoms. The number of hydrogen-bond acceptors (Lipinski definition) is 3. The van der Waals surface area contributed by atoms with E-state index < -0.39 is 11.8 Å². The van der Waals surface area contributed by atoms with Crippen LogP contribution >= 0.6 is 11.6 Å². The molecule has 0 aromatic heterocycles. The third kappa shape index (κ3) is 2.71. The van der Waals surface area contributed by atoms with E-state index in [0.717, 1.165) is 0 Å². The smallest absolute Gasteiger partial charge is 0.337 e. The maximum Gasteiger partial charge on any atom is 0.337 e. The zero-order valence-corrected chi connectivity index (χ0v) is 10.8. The minimum Gasteiger partial charge on any atom is -0.478 e. The number of carbonyl (C=O) groups is 1. The maximum absolute atomic E-state index is 13.4. The van der Waals surface area contributed by atoms with E-state index in [1.165, 1.54) is 30.3 Å². The molecule has 4 nitrogen and oxygen atoms in total. The van der Waals surface area contributed by atoms with Crippen molar-refractivity contribution in [2.24, 2.45) is 0 Å². The number of halogens is 2. The van der Waals surface area contributed by atoms with E-state index in [1.807, 2.05) is 0 Å². The lowest BCUT2D eigenvalue weighted by Crippen LogP contribution is -2.00. The van der Waals surface area contributed by atoms with Gasteiger partial charge in [0.05, 0.1) is 16.3 Å². The zero-order chi connectivity index (χ0) is 14.7. The standard InChI is InChI=1S/C14H8ClFN2O2/c15-11-6-8(4-5-9(11)14(19)20)18-13-3-1-2-12(16)10(13)7-17/h1-6,18H,(H,19,20). The number of aromatic carboxylic acids is 1. The molecule has 2 rings (SSSR count). The summed E-state index contributed by atoms with van der Waals surface area (Å²) in [5, 5.41) is 20.7. The molecule has 20 heavy (non-hydrogen) atoms. The van der Waals surface area contributed by atoms with Crippen molar-refractivity contribution in [1.29, 1.82) is 5.26 Å². The van der Waals surface area contributed by atoms with E-state index in [-0.39, 0.29) is 21.8 Å². The third-order valence-corrected chi connectivity index (χ3v) is 2.92. The van der Waals surface area contributed by atoms with Crippen LogP contribution < -0.4 is 5.32 Å². The predicted molar refractivity (Wildman–Crippen MR) is 72.8 cm³/mol. The van der Waals surface area contributed by atoms with E-state index in [2.05, 4.69) is 5.32 Å². The van der Waals surface area contributed by atoms with Gasteiger partial charge in [0, 0.05) is 5.69 Å². The van der Waals surface area contributed by atoms with Crippen LogP contribution in [-0.4, -0.2) is 11.1 Å². The number of nitrogens with zero attached hydrogens (tertiary/aromatic N) is 1. The fraction of sp³-hybridized carbons (Fsp3) is 0. The molecule has 0 radical (unpaired) electrons. The number of benzene rings is 2. The number of carboxylic acids is 1. The molecule has 2 N–H and O–H groups in total. The highest BCUT2D eigenvalue weighted by atomic mass is 35.5. The molecule has 2 aromatic carbocycles. The quantitative estimate of drug-likeness (QED) is 0.902. The summed E-state index contributed by atoms with van der Waals surface area (Å²) < 4.78 is 13.4. The maximum atomic E-state index is 13.4. The van der Waals surface area contributed by atoms with Crippen molar-refractivity contribution in [2.75, 3.05) is 5.32 Å². The van der Waals surface area contributed by atoms with Crippen LogP contribution in [0, 0.1) is 17.1 Å². The Kier molecular flexibility index (Phi) is 3.87. The minimum atomic E-state index is -1.13. The lowest BCUT2D eigenvalue weighted by Gasteiger charge is -2.09. The second-order valence-corrected chi connectivity index (χ2v) is 4.31. The molecule has 0 aliphatic rings. The van der Waals surface area contributed by atoms with Crippen molar-refractivity contribution in [2.45, 2.75) is 0 Å². The molecule has 0 unspecified atom stereocenters. The molecular weight excluding hydrogens is 283 g/mol. The number of hydrogen-bond donors (Lipinski definition) is 2. The third-order valence-electron chi connectivity index (χ3n) is 2.60. The molecule has 0 spiro atoms. The monoisotopic (exact) mass is 290 g/mol. The van der Waals surface area contributed by atoms with Crippen LogP contribution in [0.15, 0.2) is 36.4 Å². The summed E-state index contributed by atoms with van der Waals surface area (Å²) in [5.41, 5.74) is 0.594. The van der Waals surface area contributed by atoms with Crippen LogP contribution in [0.2, 0.25) is 5.02 Å². The van der Waals surface area contributed by atoms with Gasteiger partial charge in [-0.25, -0.2) is 9.18 Å². The normalized spacial score (nSPS) is 9.85. The van der Waals surface area contributed by atoms with E-state index in [0.29, 0.717) is 5.69 Å². The molecule has 0 atom stereocenters. The van der Waals surface area contributed by atoms with Crippen LogP contribution in [0.5, 0.6) is 0 Å². The van der Waals surface area contributed by atoms with E-state index in [9.17, 15) is 9.18 Å². The van der Waals surface area contributed by atoms with E-state index >= 15 is 0 Å². The number of nitriles is 1. The molecule has 0 aliphatic carbocycles. The summed E-state index contributed by atoms with van der Waals surface area (Å²) in [6.45, 7) is 0. The molecule has 2 aromatic rings. The molecule has 0 saturated carbocycles. The summed E-state index contributed by atoms with van der Waals surface area (Å²) in [6.07, 6.45) is 0. The number of anilines is 2. The van der Waals surface area contributed by atoms with Gasteiger partial charge in [0.2, 0.25) is 0 Å². The first-order chi connectivity index (χ1) is 9.52. The van der Waals surface area contributed by atoms with Gasteiger partial charge in [-0.15, -0.1) is 0 Å². The van der Waals surface area contributed by atoms with Crippen LogP contribution in [-0.2, 0) is 0 Å². The van der Waals surface area contributed by atoms with Gasteiger partial charge in [0.25, 0.3) is 0 Å². The lowest BCUT2D eigenvalue weighted by atomic mass is 10.1. The Balaban J connectivity index is 2.37. The number of rotatable bonds is 3. The van der Waals surface area contributed by atoms with E-state index in [1.54, 1.807) is 12.1 Å². The van der Waals surface area contributed by atoms with Gasteiger partial charge < -0.3 is 10.4 Å². The topological polar surface area (TPSA) is 73.1 Å². The van der Waals surface area contributed by atoms with Gasteiger partial charge in [0.15, 0.2) is 0 Å². The highest BCUT2D eigenvalue weighted by Gasteiger charge is 2.11. The highest BCUT2D eigenvalue weighted by Crippen LogP contribution is 2.26. The van der Waals surface area contributed by atoms with Gasteiger partial charge in [-0.1, -0.05) is 17.7 Å². The van der Waals surface area contributed by atoms with Crippen LogP contribution in [0.4, 0.5) is 15.8 Å². The van der Waals surface area contributed by atoms with Crippen molar-refractivity contribution >= 4 is 28.9 Å². The Bertz CT molecular complexity index is 726. The van der Waals surface area contributed by atoms with Crippen molar-refractivity contribution in [3.63, 3.8) is 0 Å². The van der Waals surface area contributed by atoms with Crippen molar-refractivity contribution in [3.05, 3.63) is 58.4 Å². The van der Waals surface area contributed by atoms with Gasteiger partial charge in [-0.3, -0.25) is 0 Å². The van der Waals surface area contributed by atoms with Gasteiger partial charge in [0.1, 0.15) is 17.4 Å². The summed E-state index contributed by atoms with van der Waals surface area (Å²) in [6, 6.07) is 10.2. The molecule has 6 heteroatoms. The van der Waals surface area contributed by atoms with Crippen molar-refractivity contribution in [3.8, 4) is 6.07 Å². The largest absolute Gasteiger partial charge is 0.478 e. The van der Waals surface area contributed by atoms with Crippen LogP contribution in [0.3, 0.4) is 0 Å². The summed E-state index contributed by atoms with van der Waals surface area (Å²) in [7, 11) is 0. The Morgan fingerprint density at radius 3 is 2.70 bits per heavy atom. The summed E-state index contributed by atoms with van der Waals surface area (Å²) >= 11 is 5.84. The second-order valence-electron chi connectivity index (χ2n) is 3.90. The first-order valence-corrected chi connectivity index (χ1v) is 5.89. The molecule has 0 fully saturated rings. The van der Waals surface area contributed by atoms with Gasteiger partial charge in [-0.2, -0.15) is 5.26 Å². The fourth-order valence-corrected chi connectivity index (χ4v) is 1.93. The predicted octanol–water partition coefficient (Wildman–Crippen LogP) is 3.79. The molecule has 0 aliphatic heterocycles. The minimum absolute atomic E-state index is 0.0306. The number of carboxylic acid groups (broad SMARTS) is 1.